The molecular formula is C11H4Br2F4N2O2. The van der Waals surface area contributed by atoms with Crippen LogP contribution in [0.5, 0.6) is 0 Å². The van der Waals surface area contributed by atoms with Gasteiger partial charge in [0, 0.05) is 15.0 Å². The molecule has 1 N–H and O–H groups in total. The second kappa shape index (κ2) is 5.41. The third kappa shape index (κ3) is 3.10. The van der Waals surface area contributed by atoms with Gasteiger partial charge in [-0.3, -0.25) is 4.79 Å². The van der Waals surface area contributed by atoms with Crippen molar-refractivity contribution in [3.8, 4) is 5.69 Å². The third-order valence-electron chi connectivity index (χ3n) is 2.44. The topological polar surface area (TPSA) is 54.9 Å². The van der Waals surface area contributed by atoms with Crippen LogP contribution in [0.25, 0.3) is 5.69 Å². The first-order valence-corrected chi connectivity index (χ1v) is 6.78. The fraction of sp³-hybridized carbons (Fsp3) is 0.0909. The van der Waals surface area contributed by atoms with Gasteiger partial charge in [-0.05, 0) is 44.0 Å². The van der Waals surface area contributed by atoms with Crippen LogP contribution < -0.4 is 11.2 Å². The van der Waals surface area contributed by atoms with Gasteiger partial charge in [-0.15, -0.1) is 0 Å². The molecule has 0 aliphatic heterocycles. The highest BCUT2D eigenvalue weighted by molar-refractivity contribution is 9.11. The number of rotatable bonds is 1. The van der Waals surface area contributed by atoms with Gasteiger partial charge in [0.15, 0.2) is 0 Å². The second-order valence-corrected chi connectivity index (χ2v) is 5.59. The van der Waals surface area contributed by atoms with Gasteiger partial charge in [-0.2, -0.15) is 13.2 Å². The van der Waals surface area contributed by atoms with Crippen molar-refractivity contribution in [2.24, 2.45) is 0 Å². The lowest BCUT2D eigenvalue weighted by Gasteiger charge is -2.11. The summed E-state index contributed by atoms with van der Waals surface area (Å²) in [6.07, 6.45) is -4.85. The Morgan fingerprint density at radius 1 is 1.05 bits per heavy atom. The lowest BCUT2D eigenvalue weighted by molar-refractivity contribution is -0.141. The summed E-state index contributed by atoms with van der Waals surface area (Å²) in [7, 11) is 0. The van der Waals surface area contributed by atoms with E-state index in [1.54, 1.807) is 4.98 Å². The van der Waals surface area contributed by atoms with Crippen molar-refractivity contribution >= 4 is 31.9 Å². The highest BCUT2D eigenvalue weighted by atomic mass is 79.9. The number of hydrogen-bond acceptors (Lipinski definition) is 2. The Bertz CT molecular complexity index is 772. The summed E-state index contributed by atoms with van der Waals surface area (Å²) in [4.78, 5) is 25.1. The first kappa shape index (κ1) is 16.0. The van der Waals surface area contributed by atoms with Gasteiger partial charge < -0.3 is 4.98 Å². The molecule has 2 aromatic rings. The third-order valence-corrected chi connectivity index (χ3v) is 3.65. The minimum absolute atomic E-state index is 0.0294. The smallest absolute Gasteiger partial charge is 0.303 e. The molecule has 21 heavy (non-hydrogen) atoms. The highest BCUT2D eigenvalue weighted by Gasteiger charge is 2.33. The van der Waals surface area contributed by atoms with Crippen molar-refractivity contribution < 1.29 is 17.6 Å². The maximum atomic E-state index is 13.2. The van der Waals surface area contributed by atoms with Crippen LogP contribution in [-0.2, 0) is 6.18 Å². The molecule has 0 aliphatic carbocycles. The van der Waals surface area contributed by atoms with E-state index in [4.69, 9.17) is 0 Å². The van der Waals surface area contributed by atoms with Crippen LogP contribution in [0.2, 0.25) is 0 Å². The molecule has 0 radical (unpaired) electrons. The lowest BCUT2D eigenvalue weighted by atomic mass is 10.3. The molecule has 0 fully saturated rings. The van der Waals surface area contributed by atoms with Crippen LogP contribution in [0.1, 0.15) is 5.69 Å². The van der Waals surface area contributed by atoms with Gasteiger partial charge in [0.1, 0.15) is 11.5 Å². The van der Waals surface area contributed by atoms with Crippen molar-refractivity contribution in [3.63, 3.8) is 0 Å². The molecule has 0 aliphatic rings. The van der Waals surface area contributed by atoms with Gasteiger partial charge in [0.05, 0.1) is 5.69 Å². The summed E-state index contributed by atoms with van der Waals surface area (Å²) in [5, 5.41) is 0. The predicted molar refractivity (Wildman–Crippen MR) is 73.0 cm³/mol. The van der Waals surface area contributed by atoms with E-state index in [9.17, 15) is 27.2 Å². The number of aromatic amines is 1. The van der Waals surface area contributed by atoms with Crippen LogP contribution in [0.3, 0.4) is 0 Å². The average molecular weight is 432 g/mol. The quantitative estimate of drug-likeness (QED) is 0.705. The van der Waals surface area contributed by atoms with E-state index in [0.29, 0.717) is 4.57 Å². The van der Waals surface area contributed by atoms with E-state index in [2.05, 4.69) is 31.9 Å². The van der Waals surface area contributed by atoms with Crippen LogP contribution in [-0.4, -0.2) is 9.55 Å². The SMILES string of the molecule is O=c1cc(C(F)(F)F)[nH]c(=O)n1-c1c(Br)cc(F)cc1Br. The van der Waals surface area contributed by atoms with Gasteiger partial charge in [-0.1, -0.05) is 0 Å². The highest BCUT2D eigenvalue weighted by Crippen LogP contribution is 2.29. The molecule has 4 nitrogen and oxygen atoms in total. The molecule has 0 saturated carbocycles. The molecular weight excluding hydrogens is 428 g/mol. The van der Waals surface area contributed by atoms with Crippen LogP contribution in [0, 0.1) is 5.82 Å². The van der Waals surface area contributed by atoms with E-state index in [-0.39, 0.29) is 20.7 Å². The van der Waals surface area contributed by atoms with E-state index in [1.807, 2.05) is 0 Å². The number of nitrogens with zero attached hydrogens (tertiary/aromatic N) is 1. The molecule has 1 heterocycles. The molecule has 2 rings (SSSR count). The number of hydrogen-bond donors (Lipinski definition) is 1. The van der Waals surface area contributed by atoms with E-state index >= 15 is 0 Å². The fourth-order valence-electron chi connectivity index (χ4n) is 1.61. The zero-order valence-electron chi connectivity index (χ0n) is 9.76. The largest absolute Gasteiger partial charge is 0.431 e. The molecule has 0 amide bonds. The average Bonchev–Trinajstić information content (AvgIpc) is 2.29. The molecule has 0 atom stereocenters. The number of H-pyrrole nitrogens is 1. The van der Waals surface area contributed by atoms with E-state index < -0.39 is 28.9 Å². The van der Waals surface area contributed by atoms with Crippen molar-refractivity contribution in [2.45, 2.75) is 6.18 Å². The number of benzene rings is 1. The van der Waals surface area contributed by atoms with Crippen LogP contribution in [0.4, 0.5) is 17.6 Å². The molecule has 0 saturated heterocycles. The molecule has 0 spiro atoms. The Morgan fingerprint density at radius 2 is 1.57 bits per heavy atom. The van der Waals surface area contributed by atoms with Crippen LogP contribution in [0.15, 0.2) is 36.7 Å². The monoisotopic (exact) mass is 430 g/mol. The summed E-state index contributed by atoms with van der Waals surface area (Å²) in [5.74, 6) is -0.658. The molecule has 1 aromatic carbocycles. The second-order valence-electron chi connectivity index (χ2n) is 3.88. The van der Waals surface area contributed by atoms with Gasteiger partial charge in [0.25, 0.3) is 5.56 Å². The fourth-order valence-corrected chi connectivity index (χ4v) is 3.09. The van der Waals surface area contributed by atoms with E-state index in [0.717, 1.165) is 12.1 Å². The maximum absolute atomic E-state index is 13.2. The molecule has 0 unspecified atom stereocenters. The van der Waals surface area contributed by atoms with Crippen molar-refractivity contribution in [3.05, 3.63) is 59.5 Å². The van der Waals surface area contributed by atoms with Gasteiger partial charge in [0.2, 0.25) is 0 Å². The number of nitrogens with one attached hydrogen (secondary N) is 1. The molecule has 0 bridgehead atoms. The Hall–Kier alpha value is -1.42. The van der Waals surface area contributed by atoms with Crippen molar-refractivity contribution in [2.75, 3.05) is 0 Å². The number of halogens is 6. The van der Waals surface area contributed by atoms with E-state index in [1.165, 1.54) is 0 Å². The van der Waals surface area contributed by atoms with Gasteiger partial charge >= 0.3 is 11.9 Å². The summed E-state index contributed by atoms with van der Waals surface area (Å²) in [6.45, 7) is 0. The van der Waals surface area contributed by atoms with Crippen molar-refractivity contribution in [1.29, 1.82) is 0 Å². The summed E-state index contributed by atoms with van der Waals surface area (Å²) < 4.78 is 51.2. The van der Waals surface area contributed by atoms with Crippen molar-refractivity contribution in [1.82, 2.24) is 9.55 Å². The minimum Gasteiger partial charge on any atom is -0.303 e. The maximum Gasteiger partial charge on any atom is 0.431 e. The minimum atomic E-state index is -4.85. The Morgan fingerprint density at radius 3 is 2.00 bits per heavy atom. The molecule has 10 heteroatoms. The zero-order valence-corrected chi connectivity index (χ0v) is 12.9. The van der Waals surface area contributed by atoms with Crippen LogP contribution >= 0.6 is 31.9 Å². The Labute approximate surface area is 130 Å². The predicted octanol–water partition coefficient (Wildman–Crippen LogP) is 3.21. The summed E-state index contributed by atoms with van der Waals surface area (Å²) in [5.41, 5.74) is -4.04. The Kier molecular flexibility index (Phi) is 4.11. The normalized spacial score (nSPS) is 11.7. The zero-order chi connectivity index (χ0) is 15.9. The molecule has 1 aromatic heterocycles. The van der Waals surface area contributed by atoms with Gasteiger partial charge in [-0.25, -0.2) is 13.8 Å². The Balaban J connectivity index is 2.79. The first-order chi connectivity index (χ1) is 9.61. The first-order valence-electron chi connectivity index (χ1n) is 5.20. The summed E-state index contributed by atoms with van der Waals surface area (Å²) in [6, 6.07) is 2.21. The number of alkyl halides is 3. The number of aromatic nitrogens is 2. The molecule has 112 valence electrons. The summed E-state index contributed by atoms with van der Waals surface area (Å²) >= 11 is 5.91. The lowest BCUT2D eigenvalue weighted by Crippen LogP contribution is -2.36. The standard InChI is InChI=1S/C11H4Br2F4N2O2/c12-5-1-4(14)2-6(13)9(5)19-8(20)3-7(11(15,16)17)18-10(19)21/h1-3H,(H,18,21).